The van der Waals surface area contributed by atoms with E-state index in [9.17, 15) is 9.18 Å². The van der Waals surface area contributed by atoms with Crippen LogP contribution < -0.4 is 10.6 Å². The summed E-state index contributed by atoms with van der Waals surface area (Å²) >= 11 is 0. The van der Waals surface area contributed by atoms with Gasteiger partial charge in [0.2, 0.25) is 5.91 Å². The van der Waals surface area contributed by atoms with Crippen LogP contribution >= 0.6 is 0 Å². The number of carbonyl (C=O) groups excluding carboxylic acids is 1. The van der Waals surface area contributed by atoms with Crippen molar-refractivity contribution in [2.75, 3.05) is 11.9 Å². The second-order valence-corrected chi connectivity index (χ2v) is 4.50. The largest absolute Gasteiger partial charge is 0.382 e. The van der Waals surface area contributed by atoms with Crippen molar-refractivity contribution in [3.63, 3.8) is 0 Å². The van der Waals surface area contributed by atoms with Gasteiger partial charge in [0.05, 0.1) is 5.69 Å². The molecule has 1 aliphatic carbocycles. The van der Waals surface area contributed by atoms with Gasteiger partial charge in [0, 0.05) is 19.0 Å². The molecule has 0 aliphatic heterocycles. The molecule has 17 heavy (non-hydrogen) atoms. The Morgan fingerprint density at radius 2 is 2.24 bits per heavy atom. The lowest BCUT2D eigenvalue weighted by Gasteiger charge is -2.08. The quantitative estimate of drug-likeness (QED) is 0.823. The van der Waals surface area contributed by atoms with Gasteiger partial charge in [0.1, 0.15) is 5.82 Å². The lowest BCUT2D eigenvalue weighted by Crippen LogP contribution is -2.27. The molecule has 0 saturated heterocycles. The standard InChI is InChI=1S/C13H17FN2O/c1-9-2-5-11(14)12(8-9)15-7-6-13(17)16-10-3-4-10/h2,5,8,10,15H,3-4,6-7H2,1H3,(H,16,17). The van der Waals surface area contributed by atoms with Crippen LogP contribution in [0.3, 0.4) is 0 Å². The summed E-state index contributed by atoms with van der Waals surface area (Å²) < 4.78 is 13.4. The number of amides is 1. The Kier molecular flexibility index (Phi) is 3.61. The van der Waals surface area contributed by atoms with Crippen LogP contribution in [0.4, 0.5) is 10.1 Å². The smallest absolute Gasteiger partial charge is 0.221 e. The van der Waals surface area contributed by atoms with Crippen LogP contribution in [-0.4, -0.2) is 18.5 Å². The molecule has 1 aromatic rings. The van der Waals surface area contributed by atoms with Crippen LogP contribution in [0, 0.1) is 12.7 Å². The summed E-state index contributed by atoms with van der Waals surface area (Å²) in [5.74, 6) is -0.244. The highest BCUT2D eigenvalue weighted by atomic mass is 19.1. The summed E-state index contributed by atoms with van der Waals surface area (Å²) in [6.07, 6.45) is 2.56. The molecule has 0 radical (unpaired) electrons. The van der Waals surface area contributed by atoms with Gasteiger partial charge >= 0.3 is 0 Å². The van der Waals surface area contributed by atoms with Crippen molar-refractivity contribution in [1.82, 2.24) is 5.32 Å². The monoisotopic (exact) mass is 236 g/mol. The van der Waals surface area contributed by atoms with E-state index in [0.29, 0.717) is 24.7 Å². The van der Waals surface area contributed by atoms with E-state index in [1.165, 1.54) is 6.07 Å². The van der Waals surface area contributed by atoms with E-state index in [2.05, 4.69) is 10.6 Å². The maximum absolute atomic E-state index is 13.4. The Labute approximate surface area is 100 Å². The van der Waals surface area contributed by atoms with Crippen LogP contribution in [0.25, 0.3) is 0 Å². The molecule has 0 aromatic heterocycles. The molecule has 1 aromatic carbocycles. The highest BCUT2D eigenvalue weighted by molar-refractivity contribution is 5.77. The molecule has 1 amide bonds. The van der Waals surface area contributed by atoms with Crippen molar-refractivity contribution in [1.29, 1.82) is 0 Å². The Morgan fingerprint density at radius 1 is 1.47 bits per heavy atom. The van der Waals surface area contributed by atoms with Gasteiger partial charge in [-0.25, -0.2) is 4.39 Å². The van der Waals surface area contributed by atoms with Crippen LogP contribution in [0.2, 0.25) is 0 Å². The Hall–Kier alpha value is -1.58. The molecule has 0 unspecified atom stereocenters. The first-order valence-electron chi connectivity index (χ1n) is 5.94. The summed E-state index contributed by atoms with van der Waals surface area (Å²) in [6, 6.07) is 5.29. The molecule has 1 aliphatic rings. The molecule has 0 bridgehead atoms. The van der Waals surface area contributed by atoms with E-state index in [1.54, 1.807) is 12.1 Å². The van der Waals surface area contributed by atoms with Gasteiger partial charge in [-0.3, -0.25) is 4.79 Å². The molecule has 0 spiro atoms. The predicted molar refractivity (Wildman–Crippen MR) is 65.4 cm³/mol. The number of hydrogen-bond acceptors (Lipinski definition) is 2. The molecule has 1 fully saturated rings. The number of hydrogen-bond donors (Lipinski definition) is 2. The maximum Gasteiger partial charge on any atom is 0.221 e. The van der Waals surface area contributed by atoms with E-state index < -0.39 is 0 Å². The first-order valence-corrected chi connectivity index (χ1v) is 5.94. The van der Waals surface area contributed by atoms with Gasteiger partial charge < -0.3 is 10.6 Å². The molecule has 2 rings (SSSR count). The maximum atomic E-state index is 13.4. The number of carbonyl (C=O) groups is 1. The number of anilines is 1. The first-order chi connectivity index (χ1) is 8.15. The van der Waals surface area contributed by atoms with Crippen LogP contribution in [0.1, 0.15) is 24.8 Å². The van der Waals surface area contributed by atoms with E-state index in [1.807, 2.05) is 6.92 Å². The third-order valence-corrected chi connectivity index (χ3v) is 2.73. The number of aryl methyl sites for hydroxylation is 1. The number of benzene rings is 1. The van der Waals surface area contributed by atoms with Crippen LogP contribution in [0.5, 0.6) is 0 Å². The van der Waals surface area contributed by atoms with Crippen molar-refractivity contribution < 1.29 is 9.18 Å². The molecule has 0 heterocycles. The molecular weight excluding hydrogens is 219 g/mol. The van der Waals surface area contributed by atoms with E-state index in [0.717, 1.165) is 18.4 Å². The Bertz CT molecular complexity index is 416. The molecule has 3 nitrogen and oxygen atoms in total. The Morgan fingerprint density at radius 3 is 2.94 bits per heavy atom. The van der Waals surface area contributed by atoms with Crippen molar-refractivity contribution in [3.8, 4) is 0 Å². The lowest BCUT2D eigenvalue weighted by molar-refractivity contribution is -0.120. The van der Waals surface area contributed by atoms with E-state index in [4.69, 9.17) is 0 Å². The predicted octanol–water partition coefficient (Wildman–Crippen LogP) is 2.21. The zero-order chi connectivity index (χ0) is 12.3. The summed E-state index contributed by atoms with van der Waals surface area (Å²) in [5.41, 5.74) is 1.46. The van der Waals surface area contributed by atoms with E-state index >= 15 is 0 Å². The van der Waals surface area contributed by atoms with Crippen LogP contribution in [0.15, 0.2) is 18.2 Å². The number of halogens is 1. The highest BCUT2D eigenvalue weighted by Gasteiger charge is 2.22. The van der Waals surface area contributed by atoms with Gasteiger partial charge in [-0.2, -0.15) is 0 Å². The summed E-state index contributed by atoms with van der Waals surface area (Å²) in [4.78, 5) is 11.4. The fourth-order valence-electron chi connectivity index (χ4n) is 1.61. The van der Waals surface area contributed by atoms with Crippen LogP contribution in [-0.2, 0) is 4.79 Å². The number of rotatable bonds is 5. The molecule has 4 heteroatoms. The summed E-state index contributed by atoms with van der Waals surface area (Å²) in [6.45, 7) is 2.36. The summed E-state index contributed by atoms with van der Waals surface area (Å²) in [7, 11) is 0. The van der Waals surface area contributed by atoms with Gasteiger partial charge in [-0.1, -0.05) is 6.07 Å². The molecule has 2 N–H and O–H groups in total. The lowest BCUT2D eigenvalue weighted by atomic mass is 10.2. The summed E-state index contributed by atoms with van der Waals surface area (Å²) in [5, 5.41) is 5.84. The second-order valence-electron chi connectivity index (χ2n) is 4.50. The van der Waals surface area contributed by atoms with Gasteiger partial charge in [0.15, 0.2) is 0 Å². The molecule has 92 valence electrons. The third-order valence-electron chi connectivity index (χ3n) is 2.73. The number of nitrogens with one attached hydrogen (secondary N) is 2. The minimum atomic E-state index is -0.279. The zero-order valence-corrected chi connectivity index (χ0v) is 9.92. The molecular formula is C13H17FN2O. The third kappa shape index (κ3) is 3.73. The fourth-order valence-corrected chi connectivity index (χ4v) is 1.61. The highest BCUT2D eigenvalue weighted by Crippen LogP contribution is 2.19. The van der Waals surface area contributed by atoms with Crippen molar-refractivity contribution in [3.05, 3.63) is 29.6 Å². The average Bonchev–Trinajstić information content (AvgIpc) is 3.07. The fraction of sp³-hybridized carbons (Fsp3) is 0.462. The van der Waals surface area contributed by atoms with Gasteiger partial charge in [0.25, 0.3) is 0 Å². The first kappa shape index (κ1) is 11.9. The minimum Gasteiger partial charge on any atom is -0.382 e. The van der Waals surface area contributed by atoms with Crippen molar-refractivity contribution >= 4 is 11.6 Å². The Balaban J connectivity index is 1.76. The molecule has 0 atom stereocenters. The second kappa shape index (κ2) is 5.17. The topological polar surface area (TPSA) is 41.1 Å². The van der Waals surface area contributed by atoms with Gasteiger partial charge in [-0.15, -0.1) is 0 Å². The molecule has 1 saturated carbocycles. The van der Waals surface area contributed by atoms with Crippen molar-refractivity contribution in [2.45, 2.75) is 32.2 Å². The normalized spacial score (nSPS) is 14.5. The minimum absolute atomic E-state index is 0.0352. The van der Waals surface area contributed by atoms with Crippen molar-refractivity contribution in [2.24, 2.45) is 0 Å². The zero-order valence-electron chi connectivity index (χ0n) is 9.92. The average molecular weight is 236 g/mol. The van der Waals surface area contributed by atoms with E-state index in [-0.39, 0.29) is 11.7 Å². The SMILES string of the molecule is Cc1ccc(F)c(NCCC(=O)NC2CC2)c1. The van der Waals surface area contributed by atoms with Gasteiger partial charge in [-0.05, 0) is 37.5 Å².